The maximum Gasteiger partial charge on any atom is 0.235 e. The largest absolute Gasteiger partial charge is 0.494 e. The van der Waals surface area contributed by atoms with Gasteiger partial charge in [-0.3, -0.25) is 9.03 Å². The minimum atomic E-state index is -3.43. The number of sulfonamides is 2. The van der Waals surface area contributed by atoms with E-state index >= 15 is 0 Å². The number of rotatable bonds is 5. The van der Waals surface area contributed by atoms with Gasteiger partial charge in [-0.05, 0) is 31.4 Å². The molecule has 7 nitrogen and oxygen atoms in total. The zero-order valence-electron chi connectivity index (χ0n) is 13.6. The second-order valence-corrected chi connectivity index (χ2v) is 10.2. The van der Waals surface area contributed by atoms with Gasteiger partial charge in [-0.25, -0.2) is 16.8 Å². The lowest BCUT2D eigenvalue weighted by Crippen LogP contribution is -2.26. The average Bonchev–Trinajstić information content (AvgIpc) is 3.16. The average molecular weight is 374 g/mol. The van der Waals surface area contributed by atoms with Crippen LogP contribution in [0.25, 0.3) is 0 Å². The Morgan fingerprint density at radius 2 is 1.92 bits per heavy atom. The molecule has 0 unspecified atom stereocenters. The fraction of sp³-hybridized carbons (Fsp3) is 0.600. The molecule has 0 spiro atoms. The van der Waals surface area contributed by atoms with E-state index in [2.05, 4.69) is 4.72 Å². The molecule has 1 saturated carbocycles. The SMILES string of the molecule is COc1cc(NS(=O)(=O)C2CCCC2)ccc1N1CCCS1(=O)=O. The molecule has 1 aliphatic carbocycles. The van der Waals surface area contributed by atoms with Crippen LogP contribution in [0, 0.1) is 0 Å². The summed E-state index contributed by atoms with van der Waals surface area (Å²) in [6.07, 6.45) is 3.79. The third-order valence-corrected chi connectivity index (χ3v) is 8.27. The molecule has 2 fully saturated rings. The number of methoxy groups -OCH3 is 1. The van der Waals surface area contributed by atoms with Crippen molar-refractivity contribution >= 4 is 31.4 Å². The summed E-state index contributed by atoms with van der Waals surface area (Å²) in [7, 11) is -5.31. The van der Waals surface area contributed by atoms with Gasteiger partial charge in [0.2, 0.25) is 20.0 Å². The van der Waals surface area contributed by atoms with E-state index in [4.69, 9.17) is 4.74 Å². The Morgan fingerprint density at radius 3 is 2.50 bits per heavy atom. The summed E-state index contributed by atoms with van der Waals surface area (Å²) in [5, 5.41) is -0.359. The summed E-state index contributed by atoms with van der Waals surface area (Å²) < 4.78 is 58.1. The third kappa shape index (κ3) is 3.32. The second kappa shape index (κ2) is 6.44. The summed E-state index contributed by atoms with van der Waals surface area (Å²) in [5.74, 6) is 0.457. The first-order chi connectivity index (χ1) is 11.3. The minimum absolute atomic E-state index is 0.117. The van der Waals surface area contributed by atoms with Gasteiger partial charge in [0.1, 0.15) is 5.75 Å². The van der Waals surface area contributed by atoms with Gasteiger partial charge in [0.15, 0.2) is 0 Å². The van der Waals surface area contributed by atoms with Gasteiger partial charge in [-0.15, -0.1) is 0 Å². The third-order valence-electron chi connectivity index (χ3n) is 4.55. The van der Waals surface area contributed by atoms with Crippen molar-refractivity contribution in [1.82, 2.24) is 0 Å². The Labute approximate surface area is 143 Å². The Kier molecular flexibility index (Phi) is 4.65. The quantitative estimate of drug-likeness (QED) is 0.850. The van der Waals surface area contributed by atoms with Crippen LogP contribution in [0.4, 0.5) is 11.4 Å². The number of anilines is 2. The smallest absolute Gasteiger partial charge is 0.235 e. The van der Waals surface area contributed by atoms with Crippen molar-refractivity contribution in [3.63, 3.8) is 0 Å². The van der Waals surface area contributed by atoms with Crippen LogP contribution in [-0.2, 0) is 20.0 Å². The molecule has 0 atom stereocenters. The number of benzene rings is 1. The van der Waals surface area contributed by atoms with Gasteiger partial charge in [0.25, 0.3) is 0 Å². The first-order valence-corrected chi connectivity index (χ1v) is 11.2. The highest BCUT2D eigenvalue weighted by molar-refractivity contribution is 7.93. The molecular formula is C15H22N2O5S2. The van der Waals surface area contributed by atoms with E-state index in [1.165, 1.54) is 17.5 Å². The normalized spacial score (nSPS) is 21.1. The first kappa shape index (κ1) is 17.3. The minimum Gasteiger partial charge on any atom is -0.494 e. The van der Waals surface area contributed by atoms with Crippen molar-refractivity contribution in [2.45, 2.75) is 37.4 Å². The van der Waals surface area contributed by atoms with Gasteiger partial charge >= 0.3 is 0 Å². The molecule has 1 saturated heterocycles. The van der Waals surface area contributed by atoms with Crippen LogP contribution in [0.3, 0.4) is 0 Å². The van der Waals surface area contributed by atoms with E-state index in [-0.39, 0.29) is 11.0 Å². The lowest BCUT2D eigenvalue weighted by molar-refractivity contribution is 0.416. The number of ether oxygens (including phenoxy) is 1. The lowest BCUT2D eigenvalue weighted by atomic mass is 10.2. The second-order valence-electron chi connectivity index (χ2n) is 6.18. The van der Waals surface area contributed by atoms with Crippen LogP contribution in [-0.4, -0.2) is 41.5 Å². The fourth-order valence-corrected chi connectivity index (χ4v) is 6.45. The summed E-state index contributed by atoms with van der Waals surface area (Å²) in [6.45, 7) is 0.409. The number of hydrogen-bond donors (Lipinski definition) is 1. The van der Waals surface area contributed by atoms with Gasteiger partial charge in [0, 0.05) is 12.6 Å². The monoisotopic (exact) mass is 374 g/mol. The lowest BCUT2D eigenvalue weighted by Gasteiger charge is -2.21. The molecule has 0 aromatic heterocycles. The van der Waals surface area contributed by atoms with E-state index in [0.717, 1.165) is 12.8 Å². The molecule has 0 radical (unpaired) electrons. The fourth-order valence-electron chi connectivity index (χ4n) is 3.30. The van der Waals surface area contributed by atoms with Crippen LogP contribution >= 0.6 is 0 Å². The molecule has 9 heteroatoms. The van der Waals surface area contributed by atoms with E-state index in [1.54, 1.807) is 12.1 Å². The van der Waals surface area contributed by atoms with E-state index in [0.29, 0.717) is 42.9 Å². The van der Waals surface area contributed by atoms with Crippen LogP contribution in [0.15, 0.2) is 18.2 Å². The Morgan fingerprint density at radius 1 is 1.21 bits per heavy atom. The van der Waals surface area contributed by atoms with Crippen molar-refractivity contribution in [2.24, 2.45) is 0 Å². The van der Waals surface area contributed by atoms with Crippen LogP contribution in [0.2, 0.25) is 0 Å². The molecule has 1 N–H and O–H groups in total. The topological polar surface area (TPSA) is 92.8 Å². The summed E-state index contributed by atoms with van der Waals surface area (Å²) in [4.78, 5) is 0. The highest BCUT2D eigenvalue weighted by atomic mass is 32.2. The highest BCUT2D eigenvalue weighted by Crippen LogP contribution is 2.36. The zero-order valence-corrected chi connectivity index (χ0v) is 15.2. The van der Waals surface area contributed by atoms with Crippen LogP contribution in [0.5, 0.6) is 5.75 Å². The predicted octanol–water partition coefficient (Wildman–Crippen LogP) is 1.92. The molecule has 1 aromatic rings. The molecule has 0 bridgehead atoms. The number of nitrogens with zero attached hydrogens (tertiary/aromatic N) is 1. The zero-order chi connectivity index (χ0) is 17.4. The molecular weight excluding hydrogens is 352 g/mol. The predicted molar refractivity (Wildman–Crippen MR) is 93.5 cm³/mol. The molecule has 1 heterocycles. The molecule has 2 aliphatic rings. The van der Waals surface area contributed by atoms with Crippen molar-refractivity contribution in [3.05, 3.63) is 18.2 Å². The Hall–Kier alpha value is -1.48. The van der Waals surface area contributed by atoms with Crippen molar-refractivity contribution in [2.75, 3.05) is 28.4 Å². The molecule has 1 aromatic carbocycles. The molecule has 1 aliphatic heterocycles. The number of nitrogens with one attached hydrogen (secondary N) is 1. The maximum absolute atomic E-state index is 12.4. The molecule has 24 heavy (non-hydrogen) atoms. The summed E-state index contributed by atoms with van der Waals surface area (Å²) in [5.41, 5.74) is 0.831. The molecule has 0 amide bonds. The van der Waals surface area contributed by atoms with Crippen molar-refractivity contribution < 1.29 is 21.6 Å². The van der Waals surface area contributed by atoms with Crippen molar-refractivity contribution in [1.29, 1.82) is 0 Å². The van der Waals surface area contributed by atoms with E-state index < -0.39 is 20.0 Å². The van der Waals surface area contributed by atoms with E-state index in [9.17, 15) is 16.8 Å². The summed E-state index contributed by atoms with van der Waals surface area (Å²) in [6, 6.07) is 4.71. The maximum atomic E-state index is 12.4. The standard InChI is InChI=1S/C15H22N2O5S2/c1-22-15-11-12(16-24(20,21)13-5-2-3-6-13)7-8-14(15)17-9-4-10-23(17,18)19/h7-8,11,13,16H,2-6,9-10H2,1H3. The van der Waals surface area contributed by atoms with Gasteiger partial charge in [-0.2, -0.15) is 0 Å². The summed E-state index contributed by atoms with van der Waals surface area (Å²) >= 11 is 0. The van der Waals surface area contributed by atoms with Gasteiger partial charge in [0.05, 0.1) is 29.5 Å². The Balaban J connectivity index is 1.87. The van der Waals surface area contributed by atoms with Gasteiger partial charge in [-0.1, -0.05) is 12.8 Å². The molecule has 3 rings (SSSR count). The van der Waals surface area contributed by atoms with Crippen molar-refractivity contribution in [3.8, 4) is 5.75 Å². The van der Waals surface area contributed by atoms with Gasteiger partial charge < -0.3 is 4.74 Å². The molecule has 134 valence electrons. The first-order valence-electron chi connectivity index (χ1n) is 8.03. The van der Waals surface area contributed by atoms with Crippen LogP contribution < -0.4 is 13.8 Å². The van der Waals surface area contributed by atoms with E-state index in [1.807, 2.05) is 0 Å². The highest BCUT2D eigenvalue weighted by Gasteiger charge is 2.32. The number of hydrogen-bond acceptors (Lipinski definition) is 5. The van der Waals surface area contributed by atoms with Crippen LogP contribution in [0.1, 0.15) is 32.1 Å². The Bertz CT molecular complexity index is 814.